The van der Waals surface area contributed by atoms with Crippen LogP contribution in [0.4, 0.5) is 0 Å². The number of hydrogen-bond donors (Lipinski definition) is 1. The average Bonchev–Trinajstić information content (AvgIpc) is 2.48. The largest absolute Gasteiger partial charge is 0.481 e. The molecular weight excluding hydrogens is 256 g/mol. The van der Waals surface area contributed by atoms with Crippen LogP contribution in [0, 0.1) is 0 Å². The maximum Gasteiger partial charge on any atom is 0.224 e. The summed E-state index contributed by atoms with van der Waals surface area (Å²) in [6.07, 6.45) is 3.76. The number of rotatable bonds is 5. The first-order valence-corrected chi connectivity index (χ1v) is 7.01. The van der Waals surface area contributed by atoms with Crippen molar-refractivity contribution >= 4 is 0 Å². The van der Waals surface area contributed by atoms with Gasteiger partial charge in [-0.25, -0.2) is 9.97 Å². The third-order valence-electron chi connectivity index (χ3n) is 4.03. The van der Waals surface area contributed by atoms with E-state index >= 15 is 0 Å². The van der Waals surface area contributed by atoms with Crippen molar-refractivity contribution < 1.29 is 9.47 Å². The number of nitrogens with one attached hydrogen (secondary N) is 1. The quantitative estimate of drug-likeness (QED) is 0.870. The fraction of sp³-hybridized carbons (Fsp3) is 0.714. The van der Waals surface area contributed by atoms with Gasteiger partial charge in [0, 0.05) is 18.6 Å². The molecule has 0 spiro atoms. The minimum absolute atomic E-state index is 0.510. The molecule has 0 saturated carbocycles. The van der Waals surface area contributed by atoms with Gasteiger partial charge in [0.05, 0.1) is 19.8 Å². The summed E-state index contributed by atoms with van der Waals surface area (Å²) >= 11 is 0. The van der Waals surface area contributed by atoms with Crippen LogP contribution in [0.1, 0.15) is 25.3 Å². The average molecular weight is 280 g/mol. The van der Waals surface area contributed by atoms with Crippen molar-refractivity contribution in [3.63, 3.8) is 0 Å². The van der Waals surface area contributed by atoms with Gasteiger partial charge in [-0.15, -0.1) is 0 Å². The molecule has 0 aromatic carbocycles. The van der Waals surface area contributed by atoms with E-state index in [1.807, 2.05) is 0 Å². The van der Waals surface area contributed by atoms with Crippen LogP contribution in [0.25, 0.3) is 0 Å². The Labute approximate surface area is 120 Å². The van der Waals surface area contributed by atoms with Crippen LogP contribution < -0.4 is 14.8 Å². The van der Waals surface area contributed by atoms with Gasteiger partial charge in [0.15, 0.2) is 0 Å². The fourth-order valence-electron chi connectivity index (χ4n) is 2.61. The molecule has 0 bridgehead atoms. The normalized spacial score (nSPS) is 23.6. The molecule has 0 amide bonds. The maximum atomic E-state index is 5.29. The zero-order valence-corrected chi connectivity index (χ0v) is 12.7. The van der Waals surface area contributed by atoms with Crippen LogP contribution in [-0.2, 0) is 6.54 Å². The lowest BCUT2D eigenvalue weighted by atomic mass is 9.99. The second-order valence-corrected chi connectivity index (χ2v) is 5.30. The molecule has 0 aliphatic carbocycles. The summed E-state index contributed by atoms with van der Waals surface area (Å²) < 4.78 is 10.6. The van der Waals surface area contributed by atoms with Crippen molar-refractivity contribution in [3.05, 3.63) is 11.9 Å². The number of nitrogens with zero attached hydrogens (tertiary/aromatic N) is 3. The Hall–Kier alpha value is -1.40. The molecule has 1 fully saturated rings. The lowest BCUT2D eigenvalue weighted by Gasteiger charge is -2.35. The Balaban J connectivity index is 2.00. The molecular formula is C14H24N4O2. The summed E-state index contributed by atoms with van der Waals surface area (Å²) in [6, 6.07) is 1.12. The van der Waals surface area contributed by atoms with Crippen molar-refractivity contribution in [2.75, 3.05) is 27.8 Å². The van der Waals surface area contributed by atoms with Gasteiger partial charge in [-0.3, -0.25) is 0 Å². The maximum absolute atomic E-state index is 5.29. The summed E-state index contributed by atoms with van der Waals surface area (Å²) in [4.78, 5) is 10.7. The van der Waals surface area contributed by atoms with Crippen LogP contribution in [0.3, 0.4) is 0 Å². The minimum Gasteiger partial charge on any atom is -0.481 e. The smallest absolute Gasteiger partial charge is 0.224 e. The van der Waals surface area contributed by atoms with E-state index in [1.54, 1.807) is 14.2 Å². The summed E-state index contributed by atoms with van der Waals surface area (Å²) in [5.41, 5.74) is 0.879. The molecule has 1 N–H and O–H groups in total. The number of hydrogen-bond acceptors (Lipinski definition) is 6. The van der Waals surface area contributed by atoms with E-state index < -0.39 is 0 Å². The molecule has 1 aliphatic rings. The van der Waals surface area contributed by atoms with Gasteiger partial charge in [-0.1, -0.05) is 0 Å². The highest BCUT2D eigenvalue weighted by Crippen LogP contribution is 2.24. The Bertz CT molecular complexity index is 419. The van der Waals surface area contributed by atoms with Crippen LogP contribution in [-0.4, -0.2) is 54.8 Å². The molecule has 2 rings (SSSR count). The van der Waals surface area contributed by atoms with E-state index in [0.29, 0.717) is 30.4 Å². The molecule has 1 aromatic heterocycles. The molecule has 6 heteroatoms. The third kappa shape index (κ3) is 3.37. The number of likely N-dealkylation sites (tertiary alicyclic amines) is 1. The van der Waals surface area contributed by atoms with Crippen molar-refractivity contribution in [3.8, 4) is 11.8 Å². The van der Waals surface area contributed by atoms with Gasteiger partial charge < -0.3 is 19.7 Å². The zero-order valence-electron chi connectivity index (χ0n) is 12.7. The predicted octanol–water partition coefficient (Wildman–Crippen LogP) is 1.07. The highest BCUT2D eigenvalue weighted by atomic mass is 16.5. The molecule has 20 heavy (non-hydrogen) atoms. The molecule has 2 heterocycles. The number of methoxy groups -OCH3 is 2. The van der Waals surface area contributed by atoms with Crippen LogP contribution in [0.5, 0.6) is 11.8 Å². The monoisotopic (exact) mass is 280 g/mol. The van der Waals surface area contributed by atoms with E-state index in [0.717, 1.165) is 24.9 Å². The summed E-state index contributed by atoms with van der Waals surface area (Å²) in [5, 5.41) is 3.57. The first-order chi connectivity index (χ1) is 9.65. The molecule has 112 valence electrons. The minimum atomic E-state index is 0.510. The van der Waals surface area contributed by atoms with Crippen molar-refractivity contribution in [1.82, 2.24) is 20.2 Å². The molecule has 0 radical (unpaired) electrons. The van der Waals surface area contributed by atoms with E-state index in [2.05, 4.69) is 34.2 Å². The number of ether oxygens (including phenoxy) is 2. The summed E-state index contributed by atoms with van der Waals surface area (Å²) in [5.74, 6) is 1.15. The van der Waals surface area contributed by atoms with Gasteiger partial charge in [0.1, 0.15) is 6.33 Å². The second kappa shape index (κ2) is 6.85. The van der Waals surface area contributed by atoms with Crippen LogP contribution >= 0.6 is 0 Å². The first kappa shape index (κ1) is 15.0. The predicted molar refractivity (Wildman–Crippen MR) is 77.1 cm³/mol. The topological polar surface area (TPSA) is 59.5 Å². The van der Waals surface area contributed by atoms with Crippen LogP contribution in [0.15, 0.2) is 6.33 Å². The molecule has 2 atom stereocenters. The van der Waals surface area contributed by atoms with Crippen molar-refractivity contribution in [2.45, 2.75) is 38.4 Å². The Kier molecular flexibility index (Phi) is 5.14. The van der Waals surface area contributed by atoms with Crippen LogP contribution in [0.2, 0.25) is 0 Å². The molecule has 1 aliphatic heterocycles. The van der Waals surface area contributed by atoms with Gasteiger partial charge >= 0.3 is 0 Å². The van der Waals surface area contributed by atoms with Gasteiger partial charge in [-0.05, 0) is 33.4 Å². The Morgan fingerprint density at radius 1 is 1.30 bits per heavy atom. The highest BCUT2D eigenvalue weighted by molar-refractivity contribution is 5.34. The lowest BCUT2D eigenvalue weighted by molar-refractivity contribution is 0.167. The van der Waals surface area contributed by atoms with Gasteiger partial charge in [0.2, 0.25) is 11.8 Å². The highest BCUT2D eigenvalue weighted by Gasteiger charge is 2.23. The van der Waals surface area contributed by atoms with E-state index in [4.69, 9.17) is 9.47 Å². The lowest BCUT2D eigenvalue weighted by Crippen LogP contribution is -2.45. The zero-order chi connectivity index (χ0) is 14.5. The van der Waals surface area contributed by atoms with Gasteiger partial charge in [-0.2, -0.15) is 0 Å². The molecule has 2 unspecified atom stereocenters. The van der Waals surface area contributed by atoms with Crippen molar-refractivity contribution in [2.24, 2.45) is 0 Å². The number of aromatic nitrogens is 2. The van der Waals surface area contributed by atoms with E-state index in [9.17, 15) is 0 Å². The molecule has 1 aromatic rings. The fourth-order valence-corrected chi connectivity index (χ4v) is 2.61. The van der Waals surface area contributed by atoms with E-state index in [-0.39, 0.29) is 0 Å². The summed E-state index contributed by atoms with van der Waals surface area (Å²) in [6.45, 7) is 4.05. The van der Waals surface area contributed by atoms with E-state index in [1.165, 1.54) is 6.33 Å². The molecule has 1 saturated heterocycles. The van der Waals surface area contributed by atoms with Gasteiger partial charge in [0.25, 0.3) is 0 Å². The SMILES string of the molecule is COc1ncnc(OC)c1CNC1CCN(C)C(C)C1. The molecule has 6 nitrogen and oxygen atoms in total. The summed E-state index contributed by atoms with van der Waals surface area (Å²) in [7, 11) is 5.41. The third-order valence-corrected chi connectivity index (χ3v) is 4.03. The Morgan fingerprint density at radius 3 is 2.50 bits per heavy atom. The standard InChI is InChI=1S/C14H24N4O2/c1-10-7-11(5-6-18(10)2)15-8-12-13(19-3)16-9-17-14(12)20-4/h9-11,15H,5-8H2,1-4H3. The second-order valence-electron chi connectivity index (χ2n) is 5.30. The van der Waals surface area contributed by atoms with Crippen molar-refractivity contribution in [1.29, 1.82) is 0 Å². The first-order valence-electron chi connectivity index (χ1n) is 7.01. The Morgan fingerprint density at radius 2 is 1.95 bits per heavy atom. The number of piperidine rings is 1.